The Bertz CT molecular complexity index is 705. The number of nitrogens with zero attached hydrogens (tertiary/aromatic N) is 4. The van der Waals surface area contributed by atoms with Crippen molar-refractivity contribution in [1.29, 1.82) is 0 Å². The minimum atomic E-state index is 0.404. The van der Waals surface area contributed by atoms with Gasteiger partial charge in [0.25, 0.3) is 0 Å². The van der Waals surface area contributed by atoms with Gasteiger partial charge < -0.3 is 5.73 Å². The minimum Gasteiger partial charge on any atom is -0.381 e. The standard InChI is InChI=1S/C12H10ClN5S/c13-10-4-2-1-3-9(10)12-15-8(7-19-12)5-18-6-11(14)16-17-18/h1-4,6-7H,5,14H2. The second kappa shape index (κ2) is 4.99. The number of nitrogens with two attached hydrogens (primary N) is 1. The first-order chi connectivity index (χ1) is 9.22. The second-order valence-electron chi connectivity index (χ2n) is 3.96. The minimum absolute atomic E-state index is 0.404. The number of thiazole rings is 1. The van der Waals surface area contributed by atoms with Crippen LogP contribution >= 0.6 is 22.9 Å². The van der Waals surface area contributed by atoms with Crippen LogP contribution in [-0.2, 0) is 6.54 Å². The van der Waals surface area contributed by atoms with Crippen LogP contribution in [0.3, 0.4) is 0 Å². The molecular weight excluding hydrogens is 282 g/mol. The van der Waals surface area contributed by atoms with Crippen LogP contribution < -0.4 is 5.73 Å². The van der Waals surface area contributed by atoms with Crippen LogP contribution in [0.25, 0.3) is 10.6 Å². The predicted octanol–water partition coefficient (Wildman–Crippen LogP) is 2.69. The van der Waals surface area contributed by atoms with Gasteiger partial charge in [-0.3, -0.25) is 0 Å². The van der Waals surface area contributed by atoms with Gasteiger partial charge in [-0.2, -0.15) is 0 Å². The van der Waals surface area contributed by atoms with Gasteiger partial charge in [0.2, 0.25) is 0 Å². The lowest BCUT2D eigenvalue weighted by Crippen LogP contribution is -2.00. The third kappa shape index (κ3) is 2.59. The molecule has 0 radical (unpaired) electrons. The molecule has 0 amide bonds. The molecule has 7 heteroatoms. The van der Waals surface area contributed by atoms with E-state index in [4.69, 9.17) is 17.3 Å². The highest BCUT2D eigenvalue weighted by molar-refractivity contribution is 7.13. The van der Waals surface area contributed by atoms with Gasteiger partial charge in [0.1, 0.15) is 5.01 Å². The van der Waals surface area contributed by atoms with E-state index < -0.39 is 0 Å². The summed E-state index contributed by atoms with van der Waals surface area (Å²) in [6.07, 6.45) is 1.68. The quantitative estimate of drug-likeness (QED) is 0.805. The van der Waals surface area contributed by atoms with Gasteiger partial charge in [-0.1, -0.05) is 35.0 Å². The fourth-order valence-corrected chi connectivity index (χ4v) is 2.83. The normalized spacial score (nSPS) is 10.8. The molecule has 0 spiro atoms. The summed E-state index contributed by atoms with van der Waals surface area (Å²) in [5, 5.41) is 11.2. The zero-order valence-electron chi connectivity index (χ0n) is 9.82. The van der Waals surface area contributed by atoms with Gasteiger partial charge in [-0.15, -0.1) is 16.4 Å². The van der Waals surface area contributed by atoms with E-state index in [1.54, 1.807) is 22.2 Å². The molecule has 0 aliphatic heterocycles. The number of benzene rings is 1. The van der Waals surface area contributed by atoms with Crippen molar-refractivity contribution in [3.05, 3.63) is 46.6 Å². The molecule has 3 aromatic rings. The number of hydrogen-bond donors (Lipinski definition) is 1. The fraction of sp³-hybridized carbons (Fsp3) is 0.0833. The van der Waals surface area contributed by atoms with E-state index in [0.29, 0.717) is 17.4 Å². The van der Waals surface area contributed by atoms with Crippen molar-refractivity contribution >= 4 is 28.8 Å². The summed E-state index contributed by atoms with van der Waals surface area (Å²) in [6, 6.07) is 7.66. The molecule has 96 valence electrons. The highest BCUT2D eigenvalue weighted by Crippen LogP contribution is 2.30. The molecule has 2 aromatic heterocycles. The number of halogens is 1. The van der Waals surface area contributed by atoms with Gasteiger partial charge in [0.05, 0.1) is 23.5 Å². The third-order valence-corrected chi connectivity index (χ3v) is 3.79. The molecule has 2 heterocycles. The number of aromatic nitrogens is 4. The maximum Gasteiger partial charge on any atom is 0.165 e. The summed E-state index contributed by atoms with van der Waals surface area (Å²) < 4.78 is 1.65. The number of hydrogen-bond acceptors (Lipinski definition) is 5. The van der Waals surface area contributed by atoms with E-state index in [-0.39, 0.29) is 0 Å². The van der Waals surface area contributed by atoms with E-state index in [0.717, 1.165) is 16.3 Å². The van der Waals surface area contributed by atoms with Crippen LogP contribution in [0.15, 0.2) is 35.8 Å². The molecule has 0 aliphatic rings. The molecule has 0 unspecified atom stereocenters. The van der Waals surface area contributed by atoms with Crippen LogP contribution in [0.4, 0.5) is 5.82 Å². The number of nitrogen functional groups attached to an aromatic ring is 1. The molecule has 0 fully saturated rings. The van der Waals surface area contributed by atoms with E-state index >= 15 is 0 Å². The van der Waals surface area contributed by atoms with Crippen LogP contribution in [0.1, 0.15) is 5.69 Å². The number of anilines is 1. The first-order valence-corrected chi connectivity index (χ1v) is 6.83. The zero-order valence-corrected chi connectivity index (χ0v) is 11.4. The van der Waals surface area contributed by atoms with Gasteiger partial charge in [0, 0.05) is 10.9 Å². The first kappa shape index (κ1) is 12.1. The summed E-state index contributed by atoms with van der Waals surface area (Å²) >= 11 is 7.71. The Morgan fingerprint density at radius 3 is 2.89 bits per heavy atom. The lowest BCUT2D eigenvalue weighted by atomic mass is 10.2. The molecule has 3 rings (SSSR count). The molecule has 0 saturated carbocycles. The molecule has 2 N–H and O–H groups in total. The van der Waals surface area contributed by atoms with Gasteiger partial charge in [-0.25, -0.2) is 9.67 Å². The van der Waals surface area contributed by atoms with Crippen molar-refractivity contribution in [2.24, 2.45) is 0 Å². The van der Waals surface area contributed by atoms with Crippen molar-refractivity contribution in [2.45, 2.75) is 6.54 Å². The molecular formula is C12H10ClN5S. The Hall–Kier alpha value is -1.92. The monoisotopic (exact) mass is 291 g/mol. The Labute approximate surface area is 118 Å². The lowest BCUT2D eigenvalue weighted by molar-refractivity contribution is 0.641. The fourth-order valence-electron chi connectivity index (χ4n) is 1.69. The average Bonchev–Trinajstić information content (AvgIpc) is 3.00. The van der Waals surface area contributed by atoms with Crippen LogP contribution in [0, 0.1) is 0 Å². The Morgan fingerprint density at radius 2 is 2.16 bits per heavy atom. The highest BCUT2D eigenvalue weighted by Gasteiger charge is 2.08. The first-order valence-electron chi connectivity index (χ1n) is 5.57. The van der Waals surface area contributed by atoms with Gasteiger partial charge in [-0.05, 0) is 6.07 Å². The van der Waals surface area contributed by atoms with Crippen LogP contribution in [0.5, 0.6) is 0 Å². The maximum absolute atomic E-state index is 6.15. The topological polar surface area (TPSA) is 69.6 Å². The van der Waals surface area contributed by atoms with Crippen molar-refractivity contribution in [2.75, 3.05) is 5.73 Å². The average molecular weight is 292 g/mol. The van der Waals surface area contributed by atoms with Crippen LogP contribution in [-0.4, -0.2) is 20.0 Å². The Morgan fingerprint density at radius 1 is 1.32 bits per heavy atom. The van der Waals surface area contributed by atoms with E-state index in [2.05, 4.69) is 15.3 Å². The van der Waals surface area contributed by atoms with E-state index in [1.807, 2.05) is 29.6 Å². The van der Waals surface area contributed by atoms with Crippen LogP contribution in [0.2, 0.25) is 5.02 Å². The molecule has 19 heavy (non-hydrogen) atoms. The van der Waals surface area contributed by atoms with E-state index in [9.17, 15) is 0 Å². The zero-order chi connectivity index (χ0) is 13.2. The van der Waals surface area contributed by atoms with Crippen molar-refractivity contribution in [1.82, 2.24) is 20.0 Å². The summed E-state index contributed by atoms with van der Waals surface area (Å²) in [7, 11) is 0. The SMILES string of the molecule is Nc1cn(Cc2csc(-c3ccccc3Cl)n2)nn1. The molecule has 0 aliphatic carbocycles. The van der Waals surface area contributed by atoms with Gasteiger partial charge >= 0.3 is 0 Å². The Kier molecular flexibility index (Phi) is 3.18. The molecule has 0 saturated heterocycles. The summed E-state index contributed by atoms with van der Waals surface area (Å²) in [4.78, 5) is 4.55. The highest BCUT2D eigenvalue weighted by atomic mass is 35.5. The second-order valence-corrected chi connectivity index (χ2v) is 5.23. The molecule has 0 atom stereocenters. The number of rotatable bonds is 3. The van der Waals surface area contributed by atoms with Crippen molar-refractivity contribution in [3.8, 4) is 10.6 Å². The maximum atomic E-state index is 6.15. The third-order valence-electron chi connectivity index (χ3n) is 2.54. The summed E-state index contributed by atoms with van der Waals surface area (Å²) in [5.41, 5.74) is 7.37. The molecule has 1 aromatic carbocycles. The van der Waals surface area contributed by atoms with E-state index in [1.165, 1.54) is 0 Å². The predicted molar refractivity (Wildman–Crippen MR) is 76.1 cm³/mol. The largest absolute Gasteiger partial charge is 0.381 e. The Balaban J connectivity index is 1.86. The van der Waals surface area contributed by atoms with Gasteiger partial charge in [0.15, 0.2) is 5.82 Å². The molecule has 0 bridgehead atoms. The lowest BCUT2D eigenvalue weighted by Gasteiger charge is -1.99. The molecule has 5 nitrogen and oxygen atoms in total. The van der Waals surface area contributed by atoms with Crippen molar-refractivity contribution in [3.63, 3.8) is 0 Å². The summed E-state index contributed by atoms with van der Waals surface area (Å²) in [6.45, 7) is 0.547. The smallest absolute Gasteiger partial charge is 0.165 e. The van der Waals surface area contributed by atoms with Crippen molar-refractivity contribution < 1.29 is 0 Å². The summed E-state index contributed by atoms with van der Waals surface area (Å²) in [5.74, 6) is 0.404.